The minimum absolute atomic E-state index is 0.167. The van der Waals surface area contributed by atoms with Gasteiger partial charge < -0.3 is 15.2 Å². The third-order valence-electron chi connectivity index (χ3n) is 5.03. The first kappa shape index (κ1) is 15.0. The van der Waals surface area contributed by atoms with Crippen LogP contribution in [-0.4, -0.2) is 30.4 Å². The summed E-state index contributed by atoms with van der Waals surface area (Å²) >= 11 is 0. The fraction of sp³-hybridized carbons (Fsp3) is 0.667. The molecule has 1 saturated carbocycles. The van der Waals surface area contributed by atoms with Gasteiger partial charge in [-0.3, -0.25) is 0 Å². The molecule has 21 heavy (non-hydrogen) atoms. The van der Waals surface area contributed by atoms with Crippen LogP contribution in [0.5, 0.6) is 0 Å². The Balaban J connectivity index is 1.69. The summed E-state index contributed by atoms with van der Waals surface area (Å²) in [6.07, 6.45) is 6.06. The van der Waals surface area contributed by atoms with Gasteiger partial charge >= 0.3 is 0 Å². The van der Waals surface area contributed by atoms with E-state index >= 15 is 0 Å². The van der Waals surface area contributed by atoms with Crippen LogP contribution in [0.3, 0.4) is 0 Å². The summed E-state index contributed by atoms with van der Waals surface area (Å²) in [5.41, 5.74) is 2.54. The molecule has 2 aliphatic carbocycles. The van der Waals surface area contributed by atoms with Gasteiger partial charge in [0.25, 0.3) is 0 Å². The van der Waals surface area contributed by atoms with Crippen molar-refractivity contribution in [3.8, 4) is 0 Å². The van der Waals surface area contributed by atoms with Crippen molar-refractivity contribution >= 4 is 0 Å². The normalized spacial score (nSPS) is 24.4. The number of rotatable bonds is 7. The minimum atomic E-state index is -0.235. The van der Waals surface area contributed by atoms with Crippen LogP contribution in [0.15, 0.2) is 24.3 Å². The summed E-state index contributed by atoms with van der Waals surface area (Å²) in [5, 5.41) is 13.4. The zero-order valence-electron chi connectivity index (χ0n) is 13.0. The molecule has 116 valence electrons. The number of fused-ring (bicyclic) bond motifs is 1. The van der Waals surface area contributed by atoms with E-state index in [4.69, 9.17) is 4.74 Å². The van der Waals surface area contributed by atoms with E-state index in [0.29, 0.717) is 12.5 Å². The molecule has 3 rings (SSSR count). The smallest absolute Gasteiger partial charge is 0.0828 e. The van der Waals surface area contributed by atoms with E-state index in [9.17, 15) is 5.11 Å². The molecule has 2 atom stereocenters. The van der Waals surface area contributed by atoms with E-state index in [1.54, 1.807) is 0 Å². The topological polar surface area (TPSA) is 41.5 Å². The van der Waals surface area contributed by atoms with Gasteiger partial charge in [0.15, 0.2) is 0 Å². The minimum Gasteiger partial charge on any atom is -0.394 e. The maximum absolute atomic E-state index is 9.90. The number of aliphatic hydroxyl groups excluding tert-OH is 1. The quantitative estimate of drug-likeness (QED) is 0.811. The zero-order valence-corrected chi connectivity index (χ0v) is 13.0. The highest BCUT2D eigenvalue weighted by atomic mass is 16.5. The van der Waals surface area contributed by atoms with Gasteiger partial charge in [-0.05, 0) is 55.7 Å². The molecule has 0 radical (unpaired) electrons. The van der Waals surface area contributed by atoms with Gasteiger partial charge in [0, 0.05) is 0 Å². The Morgan fingerprint density at radius 1 is 1.29 bits per heavy atom. The lowest BCUT2D eigenvalue weighted by Gasteiger charge is -2.35. The Hall–Kier alpha value is -0.900. The molecule has 1 aromatic rings. The fourth-order valence-corrected chi connectivity index (χ4v) is 3.66. The molecule has 1 fully saturated rings. The molecule has 0 bridgehead atoms. The van der Waals surface area contributed by atoms with E-state index in [2.05, 4.69) is 36.5 Å². The number of ether oxygens (including phenoxy) is 1. The molecular formula is C18H27NO2. The Morgan fingerprint density at radius 3 is 2.81 bits per heavy atom. The second-order valence-corrected chi connectivity index (χ2v) is 6.51. The molecule has 3 heteroatoms. The van der Waals surface area contributed by atoms with Crippen LogP contribution in [0.4, 0.5) is 0 Å². The van der Waals surface area contributed by atoms with E-state index in [1.807, 2.05) is 0 Å². The van der Waals surface area contributed by atoms with Crippen LogP contribution in [-0.2, 0) is 11.2 Å². The average molecular weight is 289 g/mol. The van der Waals surface area contributed by atoms with Crippen molar-refractivity contribution in [3.05, 3.63) is 35.4 Å². The summed E-state index contributed by atoms with van der Waals surface area (Å²) in [7, 11) is 0. The van der Waals surface area contributed by atoms with Gasteiger partial charge in [0.05, 0.1) is 24.9 Å². The number of nitrogens with one attached hydrogen (secondary N) is 1. The highest BCUT2D eigenvalue weighted by Crippen LogP contribution is 2.41. The van der Waals surface area contributed by atoms with Crippen molar-refractivity contribution in [1.82, 2.24) is 5.32 Å². The van der Waals surface area contributed by atoms with Gasteiger partial charge in [0.2, 0.25) is 0 Å². The number of likely N-dealkylation sites (N-methyl/N-ethyl adjacent to an activating group) is 1. The van der Waals surface area contributed by atoms with Crippen molar-refractivity contribution in [2.75, 3.05) is 19.8 Å². The van der Waals surface area contributed by atoms with Crippen LogP contribution in [0.1, 0.15) is 49.8 Å². The van der Waals surface area contributed by atoms with E-state index in [1.165, 1.54) is 30.4 Å². The fourth-order valence-electron chi connectivity index (χ4n) is 3.66. The second-order valence-electron chi connectivity index (χ2n) is 6.51. The summed E-state index contributed by atoms with van der Waals surface area (Å²) in [6.45, 7) is 3.76. The molecule has 0 heterocycles. The van der Waals surface area contributed by atoms with E-state index in [0.717, 1.165) is 19.4 Å². The van der Waals surface area contributed by atoms with E-state index in [-0.39, 0.29) is 18.2 Å². The van der Waals surface area contributed by atoms with Gasteiger partial charge in [0.1, 0.15) is 0 Å². The van der Waals surface area contributed by atoms with Gasteiger partial charge in [-0.1, -0.05) is 31.2 Å². The summed E-state index contributed by atoms with van der Waals surface area (Å²) in [6, 6.07) is 8.63. The van der Waals surface area contributed by atoms with Crippen LogP contribution < -0.4 is 5.32 Å². The summed E-state index contributed by atoms with van der Waals surface area (Å²) < 4.78 is 6.30. The maximum atomic E-state index is 9.90. The van der Waals surface area contributed by atoms with Crippen molar-refractivity contribution in [2.24, 2.45) is 5.92 Å². The molecule has 0 spiro atoms. The maximum Gasteiger partial charge on any atom is 0.0828 e. The third kappa shape index (κ3) is 3.15. The van der Waals surface area contributed by atoms with Crippen LogP contribution in [0, 0.1) is 5.92 Å². The van der Waals surface area contributed by atoms with Crippen molar-refractivity contribution in [2.45, 2.75) is 50.7 Å². The lowest BCUT2D eigenvalue weighted by Crippen LogP contribution is -2.54. The first-order chi connectivity index (χ1) is 10.3. The monoisotopic (exact) mass is 289 g/mol. The van der Waals surface area contributed by atoms with Crippen LogP contribution in [0.25, 0.3) is 0 Å². The molecule has 2 aliphatic rings. The summed E-state index contributed by atoms with van der Waals surface area (Å²) in [5.74, 6) is 0.571. The average Bonchev–Trinajstić information content (AvgIpc) is 3.37. The standard InChI is InChI=1S/C18H27NO2/c1-2-19-18(12-20,15-10-11-15)13-21-17-9-5-7-14-6-3-4-8-16(14)17/h3-4,6,8,15,17,19-20H,2,5,7,9-13H2,1H3. The summed E-state index contributed by atoms with van der Waals surface area (Å²) in [4.78, 5) is 0. The molecule has 1 aromatic carbocycles. The molecule has 2 N–H and O–H groups in total. The molecule has 3 nitrogen and oxygen atoms in total. The highest BCUT2D eigenvalue weighted by Gasteiger charge is 2.45. The predicted molar refractivity (Wildman–Crippen MR) is 84.3 cm³/mol. The van der Waals surface area contributed by atoms with Crippen LogP contribution in [0.2, 0.25) is 0 Å². The van der Waals surface area contributed by atoms with Gasteiger partial charge in [-0.2, -0.15) is 0 Å². The van der Waals surface area contributed by atoms with Crippen molar-refractivity contribution < 1.29 is 9.84 Å². The zero-order chi connectivity index (χ0) is 14.7. The lowest BCUT2D eigenvalue weighted by atomic mass is 9.89. The highest BCUT2D eigenvalue weighted by molar-refractivity contribution is 5.31. The Kier molecular flexibility index (Phi) is 4.63. The molecule has 2 unspecified atom stereocenters. The molecular weight excluding hydrogens is 262 g/mol. The Morgan fingerprint density at radius 2 is 2.10 bits per heavy atom. The first-order valence-corrected chi connectivity index (χ1v) is 8.34. The predicted octanol–water partition coefficient (Wildman–Crippen LogP) is 2.83. The number of hydrogen-bond donors (Lipinski definition) is 2. The number of benzene rings is 1. The van der Waals surface area contributed by atoms with Crippen molar-refractivity contribution in [3.63, 3.8) is 0 Å². The molecule has 0 aromatic heterocycles. The van der Waals surface area contributed by atoms with Gasteiger partial charge in [-0.25, -0.2) is 0 Å². The van der Waals surface area contributed by atoms with Crippen LogP contribution >= 0.6 is 0 Å². The number of aryl methyl sites for hydroxylation is 1. The molecule has 0 amide bonds. The van der Waals surface area contributed by atoms with E-state index < -0.39 is 0 Å². The number of aliphatic hydroxyl groups is 1. The van der Waals surface area contributed by atoms with Gasteiger partial charge in [-0.15, -0.1) is 0 Å². The Labute approximate surface area is 127 Å². The SMILES string of the molecule is CCNC(CO)(COC1CCCc2ccccc21)C1CC1. The lowest BCUT2D eigenvalue weighted by molar-refractivity contribution is -0.0253. The molecule has 0 aliphatic heterocycles. The third-order valence-corrected chi connectivity index (χ3v) is 5.03. The largest absolute Gasteiger partial charge is 0.394 e. The first-order valence-electron chi connectivity index (χ1n) is 8.34. The molecule has 0 saturated heterocycles. The Bertz CT molecular complexity index is 472. The number of hydrogen-bond acceptors (Lipinski definition) is 3. The van der Waals surface area contributed by atoms with Crippen molar-refractivity contribution in [1.29, 1.82) is 0 Å². The second kappa shape index (κ2) is 6.47.